The van der Waals surface area contributed by atoms with Gasteiger partial charge in [-0.1, -0.05) is 42.0 Å². The topological polar surface area (TPSA) is 114 Å². The number of anilines is 2. The van der Waals surface area contributed by atoms with E-state index in [0.29, 0.717) is 30.4 Å². The van der Waals surface area contributed by atoms with E-state index in [-0.39, 0.29) is 5.69 Å². The van der Waals surface area contributed by atoms with Crippen LogP contribution in [0, 0.1) is 17.0 Å². The van der Waals surface area contributed by atoms with E-state index < -0.39 is 4.92 Å². The molecule has 0 radical (unpaired) electrons. The van der Waals surface area contributed by atoms with Crippen LogP contribution in [0.3, 0.4) is 0 Å². The second kappa shape index (κ2) is 9.44. The smallest absolute Gasteiger partial charge is 0.269 e. The Kier molecular flexibility index (Phi) is 6.05. The van der Waals surface area contributed by atoms with Gasteiger partial charge in [-0.3, -0.25) is 10.1 Å². The number of nitro groups is 1. The van der Waals surface area contributed by atoms with E-state index in [1.54, 1.807) is 18.5 Å². The van der Waals surface area contributed by atoms with Crippen molar-refractivity contribution in [1.29, 1.82) is 0 Å². The first-order chi connectivity index (χ1) is 16.6. The van der Waals surface area contributed by atoms with Crippen molar-refractivity contribution in [3.05, 3.63) is 81.7 Å². The highest BCUT2D eigenvalue weighted by Crippen LogP contribution is 2.24. The quantitative estimate of drug-likeness (QED) is 0.321. The molecule has 2 aromatic carbocycles. The minimum Gasteiger partial charge on any atom is -0.364 e. The van der Waals surface area contributed by atoms with Crippen molar-refractivity contribution in [2.45, 2.75) is 20.0 Å². The highest BCUT2D eigenvalue weighted by molar-refractivity contribution is 5.84. The van der Waals surface area contributed by atoms with Crippen molar-refractivity contribution in [2.75, 3.05) is 36.4 Å². The van der Waals surface area contributed by atoms with Crippen LogP contribution in [-0.2, 0) is 13.1 Å². The SMILES string of the molecule is Cc1ccc(CNc2nc(N3CCNCC3)nc3c2ncn3Cc2ccc([N+](=O)[O-])cc2)cc1. The minimum absolute atomic E-state index is 0.0742. The third kappa shape index (κ3) is 4.67. The number of benzene rings is 2. The van der Waals surface area contributed by atoms with Crippen LogP contribution >= 0.6 is 0 Å². The van der Waals surface area contributed by atoms with Crippen LogP contribution in [0.1, 0.15) is 16.7 Å². The molecule has 5 rings (SSSR count). The molecule has 1 aliphatic rings. The number of imidazole rings is 1. The first-order valence-corrected chi connectivity index (χ1v) is 11.3. The number of nitrogens with zero attached hydrogens (tertiary/aromatic N) is 6. The number of rotatable bonds is 7. The summed E-state index contributed by atoms with van der Waals surface area (Å²) in [4.78, 5) is 27.1. The predicted octanol–water partition coefficient (Wildman–Crippen LogP) is 3.11. The summed E-state index contributed by atoms with van der Waals surface area (Å²) < 4.78 is 1.96. The molecule has 174 valence electrons. The maximum atomic E-state index is 11.0. The highest BCUT2D eigenvalue weighted by Gasteiger charge is 2.19. The van der Waals surface area contributed by atoms with Gasteiger partial charge in [0.15, 0.2) is 17.0 Å². The van der Waals surface area contributed by atoms with Crippen molar-refractivity contribution in [2.24, 2.45) is 0 Å². The molecule has 10 heteroatoms. The Labute approximate surface area is 196 Å². The normalized spacial score (nSPS) is 13.9. The summed E-state index contributed by atoms with van der Waals surface area (Å²) in [5, 5.41) is 17.8. The van der Waals surface area contributed by atoms with Crippen LogP contribution in [-0.4, -0.2) is 50.6 Å². The van der Waals surface area contributed by atoms with Gasteiger partial charge in [0.05, 0.1) is 17.8 Å². The Morgan fingerprint density at radius 3 is 2.44 bits per heavy atom. The Hall–Kier alpha value is -4.05. The molecule has 0 spiro atoms. The van der Waals surface area contributed by atoms with Gasteiger partial charge in [0.1, 0.15) is 0 Å². The first-order valence-electron chi connectivity index (χ1n) is 11.3. The zero-order chi connectivity index (χ0) is 23.5. The molecular weight excluding hydrogens is 432 g/mol. The van der Waals surface area contributed by atoms with E-state index in [1.165, 1.54) is 17.7 Å². The molecule has 1 saturated heterocycles. The fraction of sp³-hybridized carbons (Fsp3) is 0.292. The largest absolute Gasteiger partial charge is 0.364 e. The lowest BCUT2D eigenvalue weighted by molar-refractivity contribution is -0.384. The van der Waals surface area contributed by atoms with Gasteiger partial charge in [0, 0.05) is 44.9 Å². The molecule has 0 saturated carbocycles. The van der Waals surface area contributed by atoms with Crippen molar-refractivity contribution in [1.82, 2.24) is 24.8 Å². The Morgan fingerprint density at radius 2 is 1.74 bits per heavy atom. The van der Waals surface area contributed by atoms with Gasteiger partial charge in [-0.2, -0.15) is 9.97 Å². The lowest BCUT2D eigenvalue weighted by atomic mass is 10.1. The molecule has 0 aliphatic carbocycles. The number of aryl methyl sites for hydroxylation is 1. The van der Waals surface area contributed by atoms with Crippen LogP contribution < -0.4 is 15.5 Å². The van der Waals surface area contributed by atoms with Gasteiger partial charge >= 0.3 is 0 Å². The van der Waals surface area contributed by atoms with Crippen molar-refractivity contribution in [3.63, 3.8) is 0 Å². The van der Waals surface area contributed by atoms with Crippen molar-refractivity contribution in [3.8, 4) is 0 Å². The molecule has 0 amide bonds. The van der Waals surface area contributed by atoms with Crippen molar-refractivity contribution >= 4 is 28.6 Å². The van der Waals surface area contributed by atoms with Crippen LogP contribution in [0.15, 0.2) is 54.9 Å². The zero-order valence-electron chi connectivity index (χ0n) is 18.9. The number of nitrogens with one attached hydrogen (secondary N) is 2. The average Bonchev–Trinajstić information content (AvgIpc) is 3.27. The molecule has 0 unspecified atom stereocenters. The summed E-state index contributed by atoms with van der Waals surface area (Å²) in [6, 6.07) is 15.0. The fourth-order valence-corrected chi connectivity index (χ4v) is 3.99. The van der Waals surface area contributed by atoms with Crippen LogP contribution in [0.4, 0.5) is 17.5 Å². The summed E-state index contributed by atoms with van der Waals surface area (Å²) in [5.74, 6) is 1.37. The standard InChI is InChI=1S/C24H26N8O2/c1-17-2-4-18(5-3-17)14-26-22-21-23(29-24(28-22)30-12-10-25-11-13-30)31(16-27-21)15-19-6-8-20(9-7-19)32(33)34/h2-9,16,25H,10-15H2,1H3,(H,26,28,29). The molecule has 2 N–H and O–H groups in total. The number of hydrogen-bond donors (Lipinski definition) is 2. The molecule has 1 aliphatic heterocycles. The van der Waals surface area contributed by atoms with Crippen LogP contribution in [0.5, 0.6) is 0 Å². The van der Waals surface area contributed by atoms with Gasteiger partial charge in [0.25, 0.3) is 5.69 Å². The Balaban J connectivity index is 1.47. The maximum absolute atomic E-state index is 11.0. The monoisotopic (exact) mass is 458 g/mol. The lowest BCUT2D eigenvalue weighted by Crippen LogP contribution is -2.44. The van der Waals surface area contributed by atoms with Gasteiger partial charge in [-0.25, -0.2) is 4.98 Å². The highest BCUT2D eigenvalue weighted by atomic mass is 16.6. The number of non-ortho nitro benzene ring substituents is 1. The van der Waals surface area contributed by atoms with Crippen LogP contribution in [0.2, 0.25) is 0 Å². The summed E-state index contributed by atoms with van der Waals surface area (Å²) in [6.45, 7) is 6.64. The molecule has 34 heavy (non-hydrogen) atoms. The van der Waals surface area contributed by atoms with E-state index in [1.807, 2.05) is 4.57 Å². The zero-order valence-corrected chi connectivity index (χ0v) is 18.9. The predicted molar refractivity (Wildman–Crippen MR) is 131 cm³/mol. The summed E-state index contributed by atoms with van der Waals surface area (Å²) >= 11 is 0. The Morgan fingerprint density at radius 1 is 1.03 bits per heavy atom. The van der Waals surface area contributed by atoms with E-state index >= 15 is 0 Å². The average molecular weight is 459 g/mol. The number of piperazine rings is 1. The lowest BCUT2D eigenvalue weighted by Gasteiger charge is -2.27. The van der Waals surface area contributed by atoms with Crippen LogP contribution in [0.25, 0.3) is 11.2 Å². The molecule has 4 aromatic rings. The second-order valence-electron chi connectivity index (χ2n) is 8.42. The van der Waals surface area contributed by atoms with E-state index in [0.717, 1.165) is 43.0 Å². The van der Waals surface area contributed by atoms with Crippen molar-refractivity contribution < 1.29 is 4.92 Å². The maximum Gasteiger partial charge on any atom is 0.269 e. The molecule has 3 heterocycles. The molecule has 2 aromatic heterocycles. The van der Waals surface area contributed by atoms with E-state index in [2.05, 4.69) is 51.7 Å². The molecular formula is C24H26N8O2. The van der Waals surface area contributed by atoms with Gasteiger partial charge in [0.2, 0.25) is 5.95 Å². The molecule has 10 nitrogen and oxygen atoms in total. The van der Waals surface area contributed by atoms with E-state index in [9.17, 15) is 10.1 Å². The minimum atomic E-state index is -0.393. The van der Waals surface area contributed by atoms with E-state index in [4.69, 9.17) is 9.97 Å². The molecule has 1 fully saturated rings. The fourth-order valence-electron chi connectivity index (χ4n) is 3.99. The summed E-state index contributed by atoms with van der Waals surface area (Å²) in [7, 11) is 0. The summed E-state index contributed by atoms with van der Waals surface area (Å²) in [5.41, 5.74) is 4.82. The second-order valence-corrected chi connectivity index (χ2v) is 8.42. The number of fused-ring (bicyclic) bond motifs is 1. The number of aromatic nitrogens is 4. The third-order valence-corrected chi connectivity index (χ3v) is 5.93. The Bertz CT molecular complexity index is 1300. The first kappa shape index (κ1) is 21.8. The number of hydrogen-bond acceptors (Lipinski definition) is 8. The molecule has 0 atom stereocenters. The van der Waals surface area contributed by atoms with Gasteiger partial charge in [-0.05, 0) is 18.1 Å². The third-order valence-electron chi connectivity index (χ3n) is 5.93. The van der Waals surface area contributed by atoms with Gasteiger partial charge in [-0.15, -0.1) is 0 Å². The van der Waals surface area contributed by atoms with Gasteiger partial charge < -0.3 is 20.1 Å². The molecule has 0 bridgehead atoms. The summed E-state index contributed by atoms with van der Waals surface area (Å²) in [6.07, 6.45) is 1.75. The number of nitro benzene ring substituents is 1.